The Hall–Kier alpha value is -1.92. The molecule has 2 aromatic carbocycles. The molecule has 0 atom stereocenters. The molecular weight excluding hydrogens is 434 g/mol. The van der Waals surface area contributed by atoms with E-state index in [9.17, 15) is 4.79 Å². The molecule has 0 spiro atoms. The predicted octanol–water partition coefficient (Wildman–Crippen LogP) is 5.21. The Balaban J connectivity index is 1.35. The summed E-state index contributed by atoms with van der Waals surface area (Å²) in [5.74, 6) is 0.247. The van der Waals surface area contributed by atoms with Crippen molar-refractivity contribution in [3.63, 3.8) is 0 Å². The predicted molar refractivity (Wildman–Crippen MR) is 120 cm³/mol. The molecule has 146 valence electrons. The van der Waals surface area contributed by atoms with Gasteiger partial charge in [-0.2, -0.15) is 0 Å². The summed E-state index contributed by atoms with van der Waals surface area (Å²) in [7, 11) is 0. The Bertz CT molecular complexity index is 1010. The van der Waals surface area contributed by atoms with Gasteiger partial charge in [-0.05, 0) is 61.6 Å². The maximum Gasteiger partial charge on any atom is 0.223 e. The van der Waals surface area contributed by atoms with Gasteiger partial charge in [-0.25, -0.2) is 4.98 Å². The van der Waals surface area contributed by atoms with Gasteiger partial charge in [-0.15, -0.1) is 0 Å². The summed E-state index contributed by atoms with van der Waals surface area (Å²) in [6, 6.07) is 12.5. The van der Waals surface area contributed by atoms with Gasteiger partial charge in [0.25, 0.3) is 0 Å². The topological polar surface area (TPSA) is 45.2 Å². The van der Waals surface area contributed by atoms with Crippen molar-refractivity contribution in [2.45, 2.75) is 33.2 Å². The molecule has 1 N–H and O–H groups in total. The Kier molecular flexibility index (Phi) is 5.69. The third kappa shape index (κ3) is 4.23. The smallest absolute Gasteiger partial charge is 0.223 e. The van der Waals surface area contributed by atoms with Crippen molar-refractivity contribution < 1.29 is 4.79 Å². The van der Waals surface area contributed by atoms with Crippen LogP contribution in [0.4, 0.5) is 5.13 Å². The Morgan fingerprint density at radius 3 is 2.79 bits per heavy atom. The number of amides is 1. The van der Waals surface area contributed by atoms with E-state index in [-0.39, 0.29) is 11.8 Å². The van der Waals surface area contributed by atoms with E-state index in [0.29, 0.717) is 6.54 Å². The fourth-order valence-electron chi connectivity index (χ4n) is 3.81. The van der Waals surface area contributed by atoms with Crippen LogP contribution in [0.5, 0.6) is 0 Å². The minimum atomic E-state index is 0.0850. The monoisotopic (exact) mass is 457 g/mol. The lowest BCUT2D eigenvalue weighted by Gasteiger charge is -2.31. The van der Waals surface area contributed by atoms with Gasteiger partial charge in [-0.1, -0.05) is 45.5 Å². The number of halogens is 1. The average molecular weight is 458 g/mol. The number of rotatable bonds is 4. The number of aryl methyl sites for hydroxylation is 2. The van der Waals surface area contributed by atoms with Crippen LogP contribution < -0.4 is 10.2 Å². The largest absolute Gasteiger partial charge is 0.352 e. The fourth-order valence-corrected chi connectivity index (χ4v) is 5.45. The summed E-state index contributed by atoms with van der Waals surface area (Å²) >= 11 is 5.23. The third-order valence-electron chi connectivity index (χ3n) is 5.31. The van der Waals surface area contributed by atoms with Crippen LogP contribution in [0.2, 0.25) is 0 Å². The highest BCUT2D eigenvalue weighted by Crippen LogP contribution is 2.33. The fraction of sp³-hybridized carbons (Fsp3) is 0.364. The summed E-state index contributed by atoms with van der Waals surface area (Å²) in [5.41, 5.74) is 4.74. The van der Waals surface area contributed by atoms with Crippen molar-refractivity contribution in [2.75, 3.05) is 18.0 Å². The Morgan fingerprint density at radius 1 is 1.25 bits per heavy atom. The van der Waals surface area contributed by atoms with Crippen molar-refractivity contribution >= 4 is 48.5 Å². The van der Waals surface area contributed by atoms with Crippen LogP contribution in [0.3, 0.4) is 0 Å². The number of hydrogen-bond donors (Lipinski definition) is 1. The summed E-state index contributed by atoms with van der Waals surface area (Å²) in [6.45, 7) is 6.60. The highest BCUT2D eigenvalue weighted by Gasteiger charge is 2.26. The molecule has 1 saturated heterocycles. The second kappa shape index (κ2) is 8.21. The maximum atomic E-state index is 12.6. The second-order valence-corrected chi connectivity index (χ2v) is 9.46. The highest BCUT2D eigenvalue weighted by atomic mass is 79.9. The van der Waals surface area contributed by atoms with E-state index in [0.717, 1.165) is 46.6 Å². The lowest BCUT2D eigenvalue weighted by atomic mass is 9.96. The standard InChI is InChI=1S/C22H24BrN3OS/c1-14-10-15(2)20-19(11-14)28-22(25-20)26-8-6-17(7-9-26)21(27)24-13-16-4-3-5-18(23)12-16/h3-5,10-12,17H,6-9,13H2,1-2H3,(H,24,27). The number of benzene rings is 2. The van der Waals surface area contributed by atoms with Crippen LogP contribution in [0.1, 0.15) is 29.5 Å². The SMILES string of the molecule is Cc1cc(C)c2nc(N3CCC(C(=O)NCc4cccc(Br)c4)CC3)sc2c1. The molecule has 4 nitrogen and oxygen atoms in total. The van der Waals surface area contributed by atoms with Crippen molar-refractivity contribution in [2.24, 2.45) is 5.92 Å². The van der Waals surface area contributed by atoms with Crippen molar-refractivity contribution in [1.29, 1.82) is 0 Å². The van der Waals surface area contributed by atoms with Gasteiger partial charge in [0.2, 0.25) is 5.91 Å². The maximum absolute atomic E-state index is 12.6. The third-order valence-corrected chi connectivity index (χ3v) is 6.87. The van der Waals surface area contributed by atoms with Crippen LogP contribution in [0.25, 0.3) is 10.2 Å². The number of fused-ring (bicyclic) bond motifs is 1. The van der Waals surface area contributed by atoms with E-state index >= 15 is 0 Å². The van der Waals surface area contributed by atoms with E-state index < -0.39 is 0 Å². The zero-order valence-corrected chi connectivity index (χ0v) is 18.6. The molecule has 0 saturated carbocycles. The number of nitrogens with zero attached hydrogens (tertiary/aromatic N) is 2. The van der Waals surface area contributed by atoms with Gasteiger partial charge in [-0.3, -0.25) is 4.79 Å². The molecule has 0 radical (unpaired) electrons. The first-order valence-corrected chi connectivity index (χ1v) is 11.3. The zero-order chi connectivity index (χ0) is 19.7. The van der Waals surface area contributed by atoms with Crippen molar-refractivity contribution in [3.05, 3.63) is 57.6 Å². The zero-order valence-electron chi connectivity index (χ0n) is 16.2. The average Bonchev–Trinajstić information content (AvgIpc) is 3.11. The van der Waals surface area contributed by atoms with Gasteiger partial charge in [0, 0.05) is 30.0 Å². The molecule has 1 aliphatic heterocycles. The van der Waals surface area contributed by atoms with Gasteiger partial charge in [0.05, 0.1) is 10.2 Å². The number of anilines is 1. The van der Waals surface area contributed by atoms with Crippen LogP contribution >= 0.6 is 27.3 Å². The molecule has 6 heteroatoms. The van der Waals surface area contributed by atoms with Gasteiger partial charge in [0.1, 0.15) is 0 Å². The van der Waals surface area contributed by atoms with E-state index in [2.05, 4.69) is 52.1 Å². The molecule has 0 aliphatic carbocycles. The van der Waals surface area contributed by atoms with Crippen LogP contribution in [0.15, 0.2) is 40.9 Å². The summed E-state index contributed by atoms with van der Waals surface area (Å²) in [6.07, 6.45) is 1.75. The first-order valence-electron chi connectivity index (χ1n) is 9.64. The number of carbonyl (C=O) groups excluding carboxylic acids is 1. The number of carbonyl (C=O) groups is 1. The quantitative estimate of drug-likeness (QED) is 0.584. The van der Waals surface area contributed by atoms with E-state index in [1.807, 2.05) is 24.3 Å². The molecule has 1 amide bonds. The molecule has 1 aliphatic rings. The second-order valence-electron chi connectivity index (χ2n) is 7.53. The highest BCUT2D eigenvalue weighted by molar-refractivity contribution is 9.10. The summed E-state index contributed by atoms with van der Waals surface area (Å²) in [4.78, 5) is 19.8. The van der Waals surface area contributed by atoms with Gasteiger partial charge < -0.3 is 10.2 Å². The van der Waals surface area contributed by atoms with Crippen LogP contribution in [0, 0.1) is 19.8 Å². The summed E-state index contributed by atoms with van der Waals surface area (Å²) in [5, 5.41) is 4.17. The Labute approximate surface area is 178 Å². The first-order chi connectivity index (χ1) is 13.5. The number of thiazole rings is 1. The first kappa shape index (κ1) is 19.4. The molecule has 28 heavy (non-hydrogen) atoms. The van der Waals surface area contributed by atoms with Crippen molar-refractivity contribution in [1.82, 2.24) is 10.3 Å². The molecule has 0 bridgehead atoms. The molecule has 1 aromatic heterocycles. The van der Waals surface area contributed by atoms with E-state index in [4.69, 9.17) is 4.98 Å². The molecule has 1 fully saturated rings. The Morgan fingerprint density at radius 2 is 2.04 bits per heavy atom. The van der Waals surface area contributed by atoms with E-state index in [1.54, 1.807) is 11.3 Å². The molecular formula is C22H24BrN3OS. The van der Waals surface area contributed by atoms with Crippen LogP contribution in [-0.4, -0.2) is 24.0 Å². The molecule has 4 rings (SSSR count). The van der Waals surface area contributed by atoms with Gasteiger partial charge in [0.15, 0.2) is 5.13 Å². The van der Waals surface area contributed by atoms with Crippen molar-refractivity contribution in [3.8, 4) is 0 Å². The molecule has 0 unspecified atom stereocenters. The van der Waals surface area contributed by atoms with Crippen LogP contribution in [-0.2, 0) is 11.3 Å². The summed E-state index contributed by atoms with van der Waals surface area (Å²) < 4.78 is 2.29. The number of aromatic nitrogens is 1. The lowest BCUT2D eigenvalue weighted by Crippen LogP contribution is -2.40. The van der Waals surface area contributed by atoms with Gasteiger partial charge >= 0.3 is 0 Å². The normalized spacial score (nSPS) is 15.2. The van der Waals surface area contributed by atoms with E-state index in [1.165, 1.54) is 15.8 Å². The number of nitrogens with one attached hydrogen (secondary N) is 1. The minimum absolute atomic E-state index is 0.0850. The lowest BCUT2D eigenvalue weighted by molar-refractivity contribution is -0.125. The minimum Gasteiger partial charge on any atom is -0.352 e. The molecule has 3 aromatic rings. The molecule has 2 heterocycles. The number of piperidine rings is 1. The number of hydrogen-bond acceptors (Lipinski definition) is 4.